The molecule has 0 aliphatic carbocycles. The lowest BCUT2D eigenvalue weighted by molar-refractivity contribution is -0.128. The Morgan fingerprint density at radius 3 is 2.58 bits per heavy atom. The number of hydrogen-bond acceptors (Lipinski definition) is 6. The number of methoxy groups -OCH3 is 1. The fourth-order valence-electron chi connectivity index (χ4n) is 3.02. The van der Waals surface area contributed by atoms with E-state index in [0.717, 1.165) is 5.56 Å². The molecule has 1 saturated heterocycles. The number of benzene rings is 2. The molecular weight excluding hydrogens is 559 g/mol. The van der Waals surface area contributed by atoms with E-state index in [1.165, 1.54) is 36.3 Å². The van der Waals surface area contributed by atoms with Gasteiger partial charge in [0.2, 0.25) is 0 Å². The van der Waals surface area contributed by atoms with Crippen LogP contribution < -0.4 is 14.8 Å². The number of hydrogen-bond donors (Lipinski definition) is 2. The minimum absolute atomic E-state index is 0.0364. The largest absolute Gasteiger partial charge is 0.493 e. The second-order valence-corrected chi connectivity index (χ2v) is 8.40. The molecule has 0 bridgehead atoms. The standard InChI is InChI=1S/C23H19IN2O6S/c1-3-8-26-21(28)16(20(27)25-23(26)33)9-14-10-17(24)19(18(11-14)31-2)32-12-13-4-6-15(7-5-13)22(29)30/h3-7,9-11H,1,8,12H2,2H3,(H,29,30)(H,25,27,33)/b16-9+. The molecule has 0 atom stereocenters. The molecule has 2 aromatic rings. The lowest BCUT2D eigenvalue weighted by Gasteiger charge is -2.27. The Morgan fingerprint density at radius 2 is 1.97 bits per heavy atom. The summed E-state index contributed by atoms with van der Waals surface area (Å²) < 4.78 is 12.1. The van der Waals surface area contributed by atoms with E-state index in [9.17, 15) is 14.4 Å². The molecule has 33 heavy (non-hydrogen) atoms. The van der Waals surface area contributed by atoms with Crippen molar-refractivity contribution in [3.63, 3.8) is 0 Å². The molecule has 0 unspecified atom stereocenters. The number of carboxylic acid groups (broad SMARTS) is 1. The van der Waals surface area contributed by atoms with E-state index in [1.807, 2.05) is 0 Å². The van der Waals surface area contributed by atoms with Crippen molar-refractivity contribution >= 4 is 63.8 Å². The Morgan fingerprint density at radius 1 is 1.27 bits per heavy atom. The first-order valence-corrected chi connectivity index (χ1v) is 11.1. The smallest absolute Gasteiger partial charge is 0.335 e. The quantitative estimate of drug-likeness (QED) is 0.163. The summed E-state index contributed by atoms with van der Waals surface area (Å²) in [6.07, 6.45) is 2.99. The molecule has 1 heterocycles. The Balaban J connectivity index is 1.85. The number of ether oxygens (including phenoxy) is 2. The van der Waals surface area contributed by atoms with Gasteiger partial charge >= 0.3 is 5.97 Å². The number of carbonyl (C=O) groups excluding carboxylic acids is 2. The molecule has 8 nitrogen and oxygen atoms in total. The molecule has 0 saturated carbocycles. The van der Waals surface area contributed by atoms with Gasteiger partial charge in [-0.3, -0.25) is 19.8 Å². The first-order valence-electron chi connectivity index (χ1n) is 9.57. The first kappa shape index (κ1) is 24.4. The van der Waals surface area contributed by atoms with Crippen LogP contribution in [0.2, 0.25) is 0 Å². The Hall–Kier alpha value is -3.25. The van der Waals surface area contributed by atoms with Crippen LogP contribution in [0.5, 0.6) is 11.5 Å². The first-order chi connectivity index (χ1) is 15.7. The zero-order valence-corrected chi connectivity index (χ0v) is 20.4. The van der Waals surface area contributed by atoms with E-state index in [0.29, 0.717) is 20.6 Å². The van der Waals surface area contributed by atoms with Gasteiger partial charge < -0.3 is 14.6 Å². The zero-order valence-electron chi connectivity index (χ0n) is 17.5. The molecule has 2 amide bonds. The van der Waals surface area contributed by atoms with Crippen LogP contribution in [0.1, 0.15) is 21.5 Å². The normalized spacial score (nSPS) is 14.8. The highest BCUT2D eigenvalue weighted by Crippen LogP contribution is 2.35. The topological polar surface area (TPSA) is 105 Å². The third-order valence-corrected chi connectivity index (χ3v) is 5.77. The number of carboxylic acids is 1. The average molecular weight is 578 g/mol. The minimum Gasteiger partial charge on any atom is -0.493 e. The third kappa shape index (κ3) is 5.57. The fourth-order valence-corrected chi connectivity index (χ4v) is 4.05. The van der Waals surface area contributed by atoms with Gasteiger partial charge in [-0.05, 0) is 76.3 Å². The molecule has 0 radical (unpaired) electrons. The predicted molar refractivity (Wildman–Crippen MR) is 134 cm³/mol. The fraction of sp³-hybridized carbons (Fsp3) is 0.130. The maximum absolute atomic E-state index is 12.7. The summed E-state index contributed by atoms with van der Waals surface area (Å²) in [5.41, 5.74) is 1.48. The van der Waals surface area contributed by atoms with Gasteiger partial charge in [-0.1, -0.05) is 18.2 Å². The number of thiocarbonyl (C=S) groups is 1. The highest BCUT2D eigenvalue weighted by atomic mass is 127. The number of aromatic carboxylic acids is 1. The van der Waals surface area contributed by atoms with Gasteiger partial charge in [-0.15, -0.1) is 6.58 Å². The minimum atomic E-state index is -0.997. The van der Waals surface area contributed by atoms with Crippen molar-refractivity contribution in [3.8, 4) is 11.5 Å². The lowest BCUT2D eigenvalue weighted by Crippen LogP contribution is -2.53. The molecule has 1 aliphatic heterocycles. The number of nitrogens with zero attached hydrogens (tertiary/aromatic N) is 1. The SMILES string of the molecule is C=CCN1C(=O)/C(=C/c2cc(I)c(OCc3ccc(C(=O)O)cc3)c(OC)c2)C(=O)NC1=S. The molecule has 0 aromatic heterocycles. The van der Waals surface area contributed by atoms with E-state index in [1.54, 1.807) is 24.3 Å². The van der Waals surface area contributed by atoms with Crippen molar-refractivity contribution < 1.29 is 29.0 Å². The van der Waals surface area contributed by atoms with Crippen LogP contribution in [-0.4, -0.2) is 46.6 Å². The highest BCUT2D eigenvalue weighted by Gasteiger charge is 2.32. The van der Waals surface area contributed by atoms with Crippen LogP contribution in [0.25, 0.3) is 6.08 Å². The van der Waals surface area contributed by atoms with Gasteiger partial charge in [0.15, 0.2) is 16.6 Å². The van der Waals surface area contributed by atoms with Crippen LogP contribution in [-0.2, 0) is 16.2 Å². The maximum Gasteiger partial charge on any atom is 0.335 e. The molecule has 0 spiro atoms. The van der Waals surface area contributed by atoms with E-state index in [2.05, 4.69) is 34.5 Å². The van der Waals surface area contributed by atoms with Crippen LogP contribution in [0.3, 0.4) is 0 Å². The Kier molecular flexibility index (Phi) is 7.82. The highest BCUT2D eigenvalue weighted by molar-refractivity contribution is 14.1. The second-order valence-electron chi connectivity index (χ2n) is 6.85. The Labute approximate surface area is 209 Å². The van der Waals surface area contributed by atoms with Gasteiger partial charge in [-0.2, -0.15) is 0 Å². The summed E-state index contributed by atoms with van der Waals surface area (Å²) in [6.45, 7) is 3.98. The third-order valence-electron chi connectivity index (χ3n) is 4.64. The molecule has 10 heteroatoms. The zero-order chi connectivity index (χ0) is 24.1. The number of nitrogens with one attached hydrogen (secondary N) is 1. The van der Waals surface area contributed by atoms with Crippen molar-refractivity contribution in [3.05, 3.63) is 74.9 Å². The maximum atomic E-state index is 12.7. The van der Waals surface area contributed by atoms with Crippen molar-refractivity contribution in [2.75, 3.05) is 13.7 Å². The van der Waals surface area contributed by atoms with Crippen LogP contribution >= 0.6 is 34.8 Å². The van der Waals surface area contributed by atoms with Crippen LogP contribution in [0.15, 0.2) is 54.6 Å². The van der Waals surface area contributed by atoms with E-state index in [4.69, 9.17) is 26.8 Å². The summed E-state index contributed by atoms with van der Waals surface area (Å²) >= 11 is 7.14. The summed E-state index contributed by atoms with van der Waals surface area (Å²) in [5, 5.41) is 11.5. The monoisotopic (exact) mass is 578 g/mol. The predicted octanol–water partition coefficient (Wildman–Crippen LogP) is 3.39. The van der Waals surface area contributed by atoms with E-state index >= 15 is 0 Å². The number of rotatable bonds is 8. The molecular formula is C23H19IN2O6S. The van der Waals surface area contributed by atoms with Crippen molar-refractivity contribution in [2.45, 2.75) is 6.61 Å². The van der Waals surface area contributed by atoms with Gasteiger partial charge in [0.1, 0.15) is 12.2 Å². The van der Waals surface area contributed by atoms with E-state index in [-0.39, 0.29) is 29.4 Å². The molecule has 3 rings (SSSR count). The van der Waals surface area contributed by atoms with E-state index < -0.39 is 17.8 Å². The average Bonchev–Trinajstić information content (AvgIpc) is 2.78. The van der Waals surface area contributed by atoms with Gasteiger partial charge in [0, 0.05) is 6.54 Å². The molecule has 2 N–H and O–H groups in total. The molecule has 170 valence electrons. The van der Waals surface area contributed by atoms with Gasteiger partial charge in [0.25, 0.3) is 11.8 Å². The Bertz CT molecular complexity index is 1180. The summed E-state index contributed by atoms with van der Waals surface area (Å²) in [6, 6.07) is 9.77. The second kappa shape index (κ2) is 10.6. The summed E-state index contributed by atoms with van der Waals surface area (Å²) in [5.74, 6) is -1.19. The molecule has 2 aromatic carbocycles. The number of halogens is 1. The number of carbonyl (C=O) groups is 3. The van der Waals surface area contributed by atoms with Crippen molar-refractivity contribution in [2.24, 2.45) is 0 Å². The molecule has 1 fully saturated rings. The lowest BCUT2D eigenvalue weighted by atomic mass is 10.1. The van der Waals surface area contributed by atoms with Gasteiger partial charge in [0.05, 0.1) is 16.2 Å². The summed E-state index contributed by atoms with van der Waals surface area (Å²) in [4.78, 5) is 37.3. The number of amides is 2. The van der Waals surface area contributed by atoms with Crippen molar-refractivity contribution in [1.29, 1.82) is 0 Å². The van der Waals surface area contributed by atoms with Crippen LogP contribution in [0.4, 0.5) is 0 Å². The summed E-state index contributed by atoms with van der Waals surface area (Å²) in [7, 11) is 1.49. The molecule has 1 aliphatic rings. The van der Waals surface area contributed by atoms with Gasteiger partial charge in [-0.25, -0.2) is 4.79 Å². The van der Waals surface area contributed by atoms with Crippen molar-refractivity contribution in [1.82, 2.24) is 10.2 Å². The van der Waals surface area contributed by atoms with Crippen LogP contribution in [0, 0.1) is 3.57 Å².